The summed E-state index contributed by atoms with van der Waals surface area (Å²) in [5, 5.41) is 0. The molecule has 2 aliphatic rings. The van der Waals surface area contributed by atoms with Crippen LogP contribution in [-0.2, 0) is 10.0 Å². The number of nitrogens with zero attached hydrogens (tertiary/aromatic N) is 3. The van der Waals surface area contributed by atoms with Gasteiger partial charge in [0.15, 0.2) is 5.65 Å². The second-order valence-electron chi connectivity index (χ2n) is 6.94. The van der Waals surface area contributed by atoms with Crippen LogP contribution in [0, 0.1) is 5.92 Å². The number of sulfonamides is 1. The zero-order valence-corrected chi connectivity index (χ0v) is 14.4. The Morgan fingerprint density at radius 3 is 2.67 bits per heavy atom. The molecule has 0 bridgehead atoms. The molecule has 2 unspecified atom stereocenters. The summed E-state index contributed by atoms with van der Waals surface area (Å²) in [6, 6.07) is 0.0941. The van der Waals surface area contributed by atoms with Gasteiger partial charge in [-0.1, -0.05) is 12.8 Å². The number of aromatic nitrogens is 3. The van der Waals surface area contributed by atoms with Crippen molar-refractivity contribution in [2.75, 3.05) is 6.54 Å². The Kier molecular flexibility index (Phi) is 4.06. The molecule has 0 spiro atoms. The van der Waals surface area contributed by atoms with E-state index in [2.05, 4.69) is 14.7 Å². The molecule has 0 aliphatic heterocycles. The molecule has 4 rings (SSSR count). The van der Waals surface area contributed by atoms with Gasteiger partial charge in [0.2, 0.25) is 10.0 Å². The molecule has 0 saturated heterocycles. The molecule has 24 heavy (non-hydrogen) atoms. The van der Waals surface area contributed by atoms with Crippen molar-refractivity contribution in [3.8, 4) is 0 Å². The smallest absolute Gasteiger partial charge is 0.244 e. The van der Waals surface area contributed by atoms with Gasteiger partial charge in [0.25, 0.3) is 0 Å². The van der Waals surface area contributed by atoms with Gasteiger partial charge in [0.1, 0.15) is 10.4 Å². The lowest BCUT2D eigenvalue weighted by Gasteiger charge is -2.30. The maximum atomic E-state index is 12.7. The van der Waals surface area contributed by atoms with E-state index in [0.29, 0.717) is 23.6 Å². The summed E-state index contributed by atoms with van der Waals surface area (Å²) in [4.78, 5) is 8.88. The van der Waals surface area contributed by atoms with Crippen LogP contribution in [0.4, 0.5) is 0 Å². The van der Waals surface area contributed by atoms with Gasteiger partial charge in [0, 0.05) is 31.2 Å². The number of fused-ring (bicyclic) bond motifs is 1. The van der Waals surface area contributed by atoms with Gasteiger partial charge in [0.05, 0.1) is 6.04 Å². The average molecular weight is 349 g/mol. The summed E-state index contributed by atoms with van der Waals surface area (Å²) in [7, 11) is -3.59. The molecular formula is C16H23N5O2S. The minimum atomic E-state index is -3.59. The third-order valence-corrected chi connectivity index (χ3v) is 6.53. The second kappa shape index (κ2) is 6.09. The molecule has 130 valence electrons. The van der Waals surface area contributed by atoms with Crippen molar-refractivity contribution < 1.29 is 8.42 Å². The summed E-state index contributed by atoms with van der Waals surface area (Å²) in [6.45, 7) is 0.498. The van der Waals surface area contributed by atoms with Crippen molar-refractivity contribution >= 4 is 21.2 Å². The SMILES string of the molecule is NC1CCCCC1n1cc(S(=O)(=O)NCC2CC2)c2nccnc21. The van der Waals surface area contributed by atoms with E-state index in [1.807, 2.05) is 4.57 Å². The number of hydrogen-bond donors (Lipinski definition) is 2. The number of nitrogens with two attached hydrogens (primary N) is 1. The monoisotopic (exact) mass is 349 g/mol. The van der Waals surface area contributed by atoms with Crippen LogP contribution in [0.5, 0.6) is 0 Å². The van der Waals surface area contributed by atoms with Crippen LogP contribution in [0.25, 0.3) is 11.2 Å². The first-order chi connectivity index (χ1) is 11.6. The van der Waals surface area contributed by atoms with Crippen molar-refractivity contribution in [1.29, 1.82) is 0 Å². The molecule has 0 aromatic carbocycles. The highest BCUT2D eigenvalue weighted by Gasteiger charge is 2.30. The molecule has 0 amide bonds. The molecule has 2 aromatic heterocycles. The van der Waals surface area contributed by atoms with Crippen LogP contribution in [0.15, 0.2) is 23.5 Å². The van der Waals surface area contributed by atoms with Crippen LogP contribution in [0.1, 0.15) is 44.6 Å². The lowest BCUT2D eigenvalue weighted by atomic mass is 9.91. The van der Waals surface area contributed by atoms with Gasteiger partial charge in [-0.2, -0.15) is 0 Å². The van der Waals surface area contributed by atoms with E-state index < -0.39 is 10.0 Å². The predicted molar refractivity (Wildman–Crippen MR) is 90.9 cm³/mol. The lowest BCUT2D eigenvalue weighted by Crippen LogP contribution is -2.34. The van der Waals surface area contributed by atoms with Crippen molar-refractivity contribution in [3.05, 3.63) is 18.6 Å². The fourth-order valence-electron chi connectivity index (χ4n) is 3.50. The molecule has 2 aromatic rings. The minimum absolute atomic E-state index is 0.0198. The zero-order chi connectivity index (χ0) is 16.7. The standard InChI is InChI=1S/C16H23N5O2S/c17-12-3-1-2-4-13(12)21-10-14(15-16(21)19-8-7-18-15)24(22,23)20-9-11-5-6-11/h7-8,10-13,20H,1-6,9,17H2. The molecule has 7 nitrogen and oxygen atoms in total. The van der Waals surface area contributed by atoms with E-state index in [-0.39, 0.29) is 17.0 Å². The second-order valence-corrected chi connectivity index (χ2v) is 8.68. The van der Waals surface area contributed by atoms with Crippen LogP contribution < -0.4 is 10.5 Å². The van der Waals surface area contributed by atoms with Gasteiger partial charge in [-0.05, 0) is 31.6 Å². The molecular weight excluding hydrogens is 326 g/mol. The van der Waals surface area contributed by atoms with Gasteiger partial charge >= 0.3 is 0 Å². The Bertz CT molecular complexity index is 843. The Balaban J connectivity index is 1.75. The summed E-state index contributed by atoms with van der Waals surface area (Å²) in [6.07, 6.45) is 11.1. The van der Waals surface area contributed by atoms with Crippen LogP contribution >= 0.6 is 0 Å². The van der Waals surface area contributed by atoms with Gasteiger partial charge in [-0.3, -0.25) is 0 Å². The van der Waals surface area contributed by atoms with Crippen molar-refractivity contribution in [2.45, 2.75) is 55.5 Å². The molecule has 2 heterocycles. The van der Waals surface area contributed by atoms with E-state index in [1.165, 1.54) is 6.20 Å². The van der Waals surface area contributed by atoms with E-state index in [1.54, 1.807) is 12.4 Å². The number of hydrogen-bond acceptors (Lipinski definition) is 5. The van der Waals surface area contributed by atoms with Crippen LogP contribution in [-0.4, -0.2) is 35.5 Å². The Morgan fingerprint density at radius 1 is 1.17 bits per heavy atom. The molecule has 8 heteroatoms. The van der Waals surface area contributed by atoms with Crippen molar-refractivity contribution in [1.82, 2.24) is 19.3 Å². The molecule has 2 fully saturated rings. The maximum Gasteiger partial charge on any atom is 0.244 e. The first-order valence-corrected chi connectivity index (χ1v) is 10.1. The largest absolute Gasteiger partial charge is 0.326 e. The zero-order valence-electron chi connectivity index (χ0n) is 13.6. The van der Waals surface area contributed by atoms with Gasteiger partial charge in [-0.25, -0.2) is 23.1 Å². The number of rotatable bonds is 5. The van der Waals surface area contributed by atoms with E-state index in [9.17, 15) is 8.42 Å². The maximum absolute atomic E-state index is 12.7. The molecule has 2 aliphatic carbocycles. The van der Waals surface area contributed by atoms with Crippen LogP contribution in [0.2, 0.25) is 0 Å². The fraction of sp³-hybridized carbons (Fsp3) is 0.625. The topological polar surface area (TPSA) is 103 Å². The van der Waals surface area contributed by atoms with Gasteiger partial charge < -0.3 is 10.3 Å². The molecule has 3 N–H and O–H groups in total. The highest BCUT2D eigenvalue weighted by atomic mass is 32.2. The van der Waals surface area contributed by atoms with Crippen molar-refractivity contribution in [3.63, 3.8) is 0 Å². The third kappa shape index (κ3) is 2.94. The Labute approximate surface area is 141 Å². The number of nitrogens with one attached hydrogen (secondary N) is 1. The Hall–Kier alpha value is -1.51. The Morgan fingerprint density at radius 2 is 1.92 bits per heavy atom. The van der Waals surface area contributed by atoms with Crippen LogP contribution in [0.3, 0.4) is 0 Å². The fourth-order valence-corrected chi connectivity index (χ4v) is 4.77. The first kappa shape index (κ1) is 16.0. The minimum Gasteiger partial charge on any atom is -0.326 e. The highest BCUT2D eigenvalue weighted by Crippen LogP contribution is 2.33. The molecule has 2 saturated carbocycles. The summed E-state index contributed by atoms with van der Waals surface area (Å²) in [5.41, 5.74) is 7.33. The lowest BCUT2D eigenvalue weighted by molar-refractivity contribution is 0.311. The third-order valence-electron chi connectivity index (χ3n) is 5.10. The van der Waals surface area contributed by atoms with Crippen molar-refractivity contribution in [2.24, 2.45) is 11.7 Å². The van der Waals surface area contributed by atoms with E-state index >= 15 is 0 Å². The van der Waals surface area contributed by atoms with E-state index in [0.717, 1.165) is 38.5 Å². The van der Waals surface area contributed by atoms with E-state index in [4.69, 9.17) is 5.73 Å². The quantitative estimate of drug-likeness (QED) is 0.853. The summed E-state index contributed by atoms with van der Waals surface area (Å²) >= 11 is 0. The summed E-state index contributed by atoms with van der Waals surface area (Å²) in [5.74, 6) is 0.478. The first-order valence-electron chi connectivity index (χ1n) is 8.63. The van der Waals surface area contributed by atoms with Gasteiger partial charge in [-0.15, -0.1) is 0 Å². The normalized spacial score (nSPS) is 25.2. The molecule has 2 atom stereocenters. The molecule has 0 radical (unpaired) electrons. The summed E-state index contributed by atoms with van der Waals surface area (Å²) < 4.78 is 30.1. The average Bonchev–Trinajstić information content (AvgIpc) is 3.33. The predicted octanol–water partition coefficient (Wildman–Crippen LogP) is 1.56. The highest BCUT2D eigenvalue weighted by molar-refractivity contribution is 7.89.